The molecule has 31 heavy (non-hydrogen) atoms. The van der Waals surface area contributed by atoms with E-state index in [-0.39, 0.29) is 5.41 Å². The van der Waals surface area contributed by atoms with Crippen molar-refractivity contribution in [1.82, 2.24) is 0 Å². The van der Waals surface area contributed by atoms with E-state index in [0.717, 1.165) is 5.75 Å². The maximum atomic E-state index is 5.52. The van der Waals surface area contributed by atoms with Crippen molar-refractivity contribution in [3.8, 4) is 28.0 Å². The molecular formula is C30H24O. The number of hydrogen-bond acceptors (Lipinski definition) is 1. The molecule has 1 aliphatic rings. The molecule has 0 amide bonds. The topological polar surface area (TPSA) is 9.23 Å². The van der Waals surface area contributed by atoms with E-state index in [1.165, 1.54) is 54.9 Å². The highest BCUT2D eigenvalue weighted by Gasteiger charge is 2.36. The average molecular weight is 401 g/mol. The second-order valence-corrected chi connectivity index (χ2v) is 9.02. The minimum Gasteiger partial charge on any atom is -0.497 e. The predicted molar refractivity (Wildman–Crippen MR) is 131 cm³/mol. The number of rotatable bonds is 2. The van der Waals surface area contributed by atoms with Gasteiger partial charge in [0.1, 0.15) is 5.75 Å². The van der Waals surface area contributed by atoms with E-state index in [9.17, 15) is 0 Å². The Morgan fingerprint density at radius 1 is 0.581 bits per heavy atom. The van der Waals surface area contributed by atoms with Gasteiger partial charge >= 0.3 is 0 Å². The summed E-state index contributed by atoms with van der Waals surface area (Å²) in [6.07, 6.45) is 0. The number of hydrogen-bond donors (Lipinski definition) is 0. The normalized spacial score (nSPS) is 13.9. The van der Waals surface area contributed by atoms with Crippen molar-refractivity contribution < 1.29 is 4.74 Å². The molecule has 5 aromatic carbocycles. The third kappa shape index (κ3) is 2.63. The van der Waals surface area contributed by atoms with Crippen LogP contribution in [0.4, 0.5) is 0 Å². The second kappa shape index (κ2) is 6.46. The molecule has 0 atom stereocenters. The van der Waals surface area contributed by atoms with Crippen LogP contribution in [-0.4, -0.2) is 7.11 Å². The van der Waals surface area contributed by atoms with Crippen LogP contribution in [-0.2, 0) is 5.41 Å². The zero-order chi connectivity index (χ0) is 21.2. The van der Waals surface area contributed by atoms with Crippen LogP contribution in [0.1, 0.15) is 25.0 Å². The third-order valence-electron chi connectivity index (χ3n) is 6.95. The first-order chi connectivity index (χ1) is 15.1. The fourth-order valence-corrected chi connectivity index (χ4v) is 5.20. The maximum absolute atomic E-state index is 5.52. The highest BCUT2D eigenvalue weighted by Crippen LogP contribution is 2.51. The summed E-state index contributed by atoms with van der Waals surface area (Å²) in [7, 11) is 1.74. The average Bonchev–Trinajstić information content (AvgIpc) is 3.03. The van der Waals surface area contributed by atoms with Gasteiger partial charge in [0.15, 0.2) is 0 Å². The van der Waals surface area contributed by atoms with E-state index in [1.54, 1.807) is 7.11 Å². The van der Waals surface area contributed by atoms with Gasteiger partial charge < -0.3 is 4.74 Å². The minimum atomic E-state index is -0.0629. The smallest absolute Gasteiger partial charge is 0.119 e. The highest BCUT2D eigenvalue weighted by molar-refractivity contribution is 6.10. The van der Waals surface area contributed by atoms with E-state index in [0.29, 0.717) is 0 Å². The van der Waals surface area contributed by atoms with Crippen molar-refractivity contribution >= 4 is 21.5 Å². The molecule has 0 saturated heterocycles. The fraction of sp³-hybridized carbons (Fsp3) is 0.133. The van der Waals surface area contributed by atoms with Gasteiger partial charge in [-0.15, -0.1) is 0 Å². The van der Waals surface area contributed by atoms with Crippen LogP contribution in [0.3, 0.4) is 0 Å². The number of fused-ring (bicyclic) bond motifs is 6. The Kier molecular flexibility index (Phi) is 3.79. The van der Waals surface area contributed by atoms with Gasteiger partial charge in [-0.1, -0.05) is 74.5 Å². The Labute approximate surface area is 182 Å². The van der Waals surface area contributed by atoms with Gasteiger partial charge in [0.05, 0.1) is 7.11 Å². The molecule has 0 saturated carbocycles. The van der Waals surface area contributed by atoms with Gasteiger partial charge in [0.25, 0.3) is 0 Å². The minimum absolute atomic E-state index is 0.0629. The summed E-state index contributed by atoms with van der Waals surface area (Å²) in [5, 5.41) is 5.20. The molecule has 0 aromatic heterocycles. The van der Waals surface area contributed by atoms with Gasteiger partial charge in [-0.2, -0.15) is 0 Å². The van der Waals surface area contributed by atoms with Crippen LogP contribution < -0.4 is 4.74 Å². The van der Waals surface area contributed by atoms with E-state index in [4.69, 9.17) is 4.74 Å². The molecule has 0 radical (unpaired) electrons. The number of benzene rings is 5. The lowest BCUT2D eigenvalue weighted by Gasteiger charge is -2.22. The van der Waals surface area contributed by atoms with Crippen LogP contribution >= 0.6 is 0 Å². The molecule has 0 aliphatic heterocycles. The molecule has 6 rings (SSSR count). The summed E-state index contributed by atoms with van der Waals surface area (Å²) >= 11 is 0. The van der Waals surface area contributed by atoms with Gasteiger partial charge in [0, 0.05) is 5.41 Å². The van der Waals surface area contributed by atoms with Crippen molar-refractivity contribution in [1.29, 1.82) is 0 Å². The lowest BCUT2D eigenvalue weighted by Crippen LogP contribution is -2.15. The van der Waals surface area contributed by atoms with Crippen LogP contribution in [0.2, 0.25) is 0 Å². The molecule has 0 fully saturated rings. The highest BCUT2D eigenvalue weighted by atomic mass is 16.5. The van der Waals surface area contributed by atoms with Crippen LogP contribution in [0.15, 0.2) is 91.0 Å². The molecule has 1 aliphatic carbocycles. The van der Waals surface area contributed by atoms with Gasteiger partial charge in [-0.3, -0.25) is 0 Å². The second-order valence-electron chi connectivity index (χ2n) is 9.02. The van der Waals surface area contributed by atoms with Gasteiger partial charge in [-0.05, 0) is 85.3 Å². The van der Waals surface area contributed by atoms with Crippen LogP contribution in [0.25, 0.3) is 43.8 Å². The maximum Gasteiger partial charge on any atom is 0.119 e. The first-order valence-electron chi connectivity index (χ1n) is 10.8. The van der Waals surface area contributed by atoms with Crippen LogP contribution in [0.5, 0.6) is 5.75 Å². The Morgan fingerprint density at radius 2 is 1.29 bits per heavy atom. The lowest BCUT2D eigenvalue weighted by molar-refractivity contribution is 0.413. The van der Waals surface area contributed by atoms with Gasteiger partial charge in [0.2, 0.25) is 0 Å². The molecule has 0 heterocycles. The molecule has 0 spiro atoms. The fourth-order valence-electron chi connectivity index (χ4n) is 5.20. The first kappa shape index (κ1) is 18.2. The predicted octanol–water partition coefficient (Wildman–Crippen LogP) is 7.97. The molecular weight excluding hydrogens is 376 g/mol. The lowest BCUT2D eigenvalue weighted by atomic mass is 9.81. The van der Waals surface area contributed by atoms with Crippen LogP contribution in [0, 0.1) is 0 Å². The van der Waals surface area contributed by atoms with Crippen molar-refractivity contribution in [2.75, 3.05) is 7.11 Å². The van der Waals surface area contributed by atoms with Crippen molar-refractivity contribution in [2.24, 2.45) is 0 Å². The zero-order valence-corrected chi connectivity index (χ0v) is 18.1. The van der Waals surface area contributed by atoms with Gasteiger partial charge in [-0.25, -0.2) is 0 Å². The summed E-state index contributed by atoms with van der Waals surface area (Å²) < 4.78 is 5.52. The Balaban J connectivity index is 1.63. The molecule has 5 aromatic rings. The van der Waals surface area contributed by atoms with E-state index in [1.807, 2.05) is 0 Å². The molecule has 1 nitrogen and oxygen atoms in total. The zero-order valence-electron chi connectivity index (χ0n) is 18.1. The molecule has 0 bridgehead atoms. The number of ether oxygens (including phenoxy) is 1. The standard InChI is InChI=1S/C30H24O/c1-30(2)28-17-23(31-3)13-14-24(28)27-16-22-12-10-20-9-11-21(19-7-5-4-6-8-19)15-25(20)26(22)18-29(27)30/h4-18H,1-3H3. The number of methoxy groups -OCH3 is 1. The summed E-state index contributed by atoms with van der Waals surface area (Å²) in [4.78, 5) is 0. The quantitative estimate of drug-likeness (QED) is 0.273. The van der Waals surface area contributed by atoms with Crippen molar-refractivity contribution in [3.05, 3.63) is 102 Å². The van der Waals surface area contributed by atoms with E-state index >= 15 is 0 Å². The third-order valence-corrected chi connectivity index (χ3v) is 6.95. The molecule has 0 unspecified atom stereocenters. The SMILES string of the molecule is COc1ccc2c(c1)C(C)(C)c1cc3c(ccc4ccc(-c5ccccc5)cc43)cc1-2. The van der Waals surface area contributed by atoms with E-state index < -0.39 is 0 Å². The summed E-state index contributed by atoms with van der Waals surface area (Å²) in [6.45, 7) is 4.65. The monoisotopic (exact) mass is 400 g/mol. The summed E-state index contributed by atoms with van der Waals surface area (Å²) in [6, 6.07) is 33.2. The molecule has 0 N–H and O–H groups in total. The Bertz CT molecular complexity index is 1480. The molecule has 150 valence electrons. The Morgan fingerprint density at radius 3 is 2.10 bits per heavy atom. The summed E-state index contributed by atoms with van der Waals surface area (Å²) in [5.74, 6) is 0.919. The largest absolute Gasteiger partial charge is 0.497 e. The van der Waals surface area contributed by atoms with Crippen molar-refractivity contribution in [3.63, 3.8) is 0 Å². The first-order valence-corrected chi connectivity index (χ1v) is 10.8. The summed E-state index contributed by atoms with van der Waals surface area (Å²) in [5.41, 5.74) is 7.84. The molecule has 1 heteroatoms. The van der Waals surface area contributed by atoms with E-state index in [2.05, 4.69) is 105 Å². The Hall–Kier alpha value is -3.58. The van der Waals surface area contributed by atoms with Crippen molar-refractivity contribution in [2.45, 2.75) is 19.3 Å².